The summed E-state index contributed by atoms with van der Waals surface area (Å²) in [6, 6.07) is 10.3. The minimum atomic E-state index is 0.00177. The molecule has 1 fully saturated rings. The van der Waals surface area contributed by atoms with Crippen molar-refractivity contribution in [3.05, 3.63) is 34.3 Å². The SMILES string of the molecule is N#CC1CCC(=O)N(CCc2ccccc2Br)C1. The smallest absolute Gasteiger partial charge is 0.222 e. The Kier molecular flexibility index (Phi) is 4.38. The molecule has 0 radical (unpaired) electrons. The van der Waals surface area contributed by atoms with E-state index in [4.69, 9.17) is 5.26 Å². The molecule has 1 heterocycles. The zero-order valence-corrected chi connectivity index (χ0v) is 11.7. The fourth-order valence-corrected chi connectivity index (χ4v) is 2.68. The van der Waals surface area contributed by atoms with Crippen LogP contribution in [0.4, 0.5) is 0 Å². The van der Waals surface area contributed by atoms with Gasteiger partial charge in [0, 0.05) is 24.0 Å². The van der Waals surface area contributed by atoms with Gasteiger partial charge in [0.2, 0.25) is 5.91 Å². The Morgan fingerprint density at radius 2 is 2.22 bits per heavy atom. The topological polar surface area (TPSA) is 44.1 Å². The van der Waals surface area contributed by atoms with Crippen molar-refractivity contribution < 1.29 is 4.79 Å². The van der Waals surface area contributed by atoms with Gasteiger partial charge in [0.15, 0.2) is 0 Å². The van der Waals surface area contributed by atoms with Gasteiger partial charge in [-0.3, -0.25) is 4.79 Å². The third kappa shape index (κ3) is 3.11. The van der Waals surface area contributed by atoms with Gasteiger partial charge in [0.05, 0.1) is 12.0 Å². The minimum absolute atomic E-state index is 0.00177. The molecule has 1 saturated heterocycles. The summed E-state index contributed by atoms with van der Waals surface area (Å²) in [5.74, 6) is 0.176. The first-order valence-electron chi connectivity index (χ1n) is 6.11. The number of carbonyl (C=O) groups is 1. The molecular formula is C14H15BrN2O. The summed E-state index contributed by atoms with van der Waals surface area (Å²) in [7, 11) is 0. The highest BCUT2D eigenvalue weighted by Gasteiger charge is 2.25. The van der Waals surface area contributed by atoms with Gasteiger partial charge in [-0.05, 0) is 24.5 Å². The van der Waals surface area contributed by atoms with Gasteiger partial charge in [0.25, 0.3) is 0 Å². The summed E-state index contributed by atoms with van der Waals surface area (Å²) in [6.45, 7) is 1.28. The zero-order valence-electron chi connectivity index (χ0n) is 10.1. The molecule has 2 rings (SSSR count). The number of nitrogens with zero attached hydrogens (tertiary/aromatic N) is 2. The summed E-state index contributed by atoms with van der Waals surface area (Å²) in [6.07, 6.45) is 2.04. The molecule has 0 aromatic heterocycles. The number of halogens is 1. The lowest BCUT2D eigenvalue weighted by Gasteiger charge is -2.29. The Labute approximate surface area is 116 Å². The van der Waals surface area contributed by atoms with Crippen LogP contribution in [0.2, 0.25) is 0 Å². The molecule has 4 heteroatoms. The summed E-state index contributed by atoms with van der Waals surface area (Å²) in [5, 5.41) is 8.93. The maximum Gasteiger partial charge on any atom is 0.222 e. The number of carbonyl (C=O) groups excluding carboxylic acids is 1. The van der Waals surface area contributed by atoms with Crippen LogP contribution in [0.1, 0.15) is 18.4 Å². The van der Waals surface area contributed by atoms with Gasteiger partial charge in [-0.2, -0.15) is 5.26 Å². The summed E-state index contributed by atoms with van der Waals surface area (Å²) >= 11 is 3.51. The van der Waals surface area contributed by atoms with Crippen molar-refractivity contribution in [1.29, 1.82) is 5.26 Å². The molecule has 1 aliphatic heterocycles. The van der Waals surface area contributed by atoms with E-state index in [1.54, 1.807) is 0 Å². The average Bonchev–Trinajstić information content (AvgIpc) is 2.39. The lowest BCUT2D eigenvalue weighted by atomic mass is 9.98. The predicted octanol–water partition coefficient (Wildman–Crippen LogP) is 2.75. The molecule has 94 valence electrons. The largest absolute Gasteiger partial charge is 0.341 e. The molecule has 1 unspecified atom stereocenters. The molecule has 1 aliphatic rings. The van der Waals surface area contributed by atoms with E-state index in [9.17, 15) is 4.79 Å². The van der Waals surface area contributed by atoms with Gasteiger partial charge in [0.1, 0.15) is 0 Å². The number of amides is 1. The summed E-state index contributed by atoms with van der Waals surface area (Å²) in [4.78, 5) is 13.6. The third-order valence-corrected chi connectivity index (χ3v) is 4.07. The van der Waals surface area contributed by atoms with Crippen LogP contribution < -0.4 is 0 Å². The number of rotatable bonds is 3. The van der Waals surface area contributed by atoms with Gasteiger partial charge in [-0.15, -0.1) is 0 Å². The lowest BCUT2D eigenvalue weighted by molar-refractivity contribution is -0.134. The summed E-state index contributed by atoms with van der Waals surface area (Å²) in [5.41, 5.74) is 1.20. The second kappa shape index (κ2) is 6.01. The van der Waals surface area contributed by atoms with Gasteiger partial charge in [-0.25, -0.2) is 0 Å². The molecule has 0 bridgehead atoms. The van der Waals surface area contributed by atoms with Crippen molar-refractivity contribution in [3.8, 4) is 6.07 Å². The lowest BCUT2D eigenvalue weighted by Crippen LogP contribution is -2.40. The molecule has 0 saturated carbocycles. The van der Waals surface area contributed by atoms with E-state index >= 15 is 0 Å². The molecule has 18 heavy (non-hydrogen) atoms. The second-order valence-corrected chi connectivity index (χ2v) is 5.40. The normalized spacial score (nSPS) is 19.7. The number of nitriles is 1. The van der Waals surface area contributed by atoms with Gasteiger partial charge >= 0.3 is 0 Å². The van der Waals surface area contributed by atoms with Crippen LogP contribution in [-0.4, -0.2) is 23.9 Å². The standard InChI is InChI=1S/C14H15BrN2O/c15-13-4-2-1-3-12(13)7-8-17-10-11(9-16)5-6-14(17)18/h1-4,11H,5-8,10H2. The highest BCUT2D eigenvalue weighted by atomic mass is 79.9. The highest BCUT2D eigenvalue weighted by Crippen LogP contribution is 2.20. The average molecular weight is 307 g/mol. The molecular weight excluding hydrogens is 292 g/mol. The monoisotopic (exact) mass is 306 g/mol. The van der Waals surface area contributed by atoms with Crippen molar-refractivity contribution in [3.63, 3.8) is 0 Å². The fourth-order valence-electron chi connectivity index (χ4n) is 2.19. The molecule has 1 amide bonds. The van der Waals surface area contributed by atoms with Crippen LogP contribution in [0.25, 0.3) is 0 Å². The maximum absolute atomic E-state index is 11.8. The zero-order chi connectivity index (χ0) is 13.0. The number of hydrogen-bond donors (Lipinski definition) is 0. The molecule has 3 nitrogen and oxygen atoms in total. The Hall–Kier alpha value is -1.34. The predicted molar refractivity (Wildman–Crippen MR) is 72.8 cm³/mol. The van der Waals surface area contributed by atoms with Crippen LogP contribution in [0, 0.1) is 17.2 Å². The first kappa shape index (κ1) is 13.1. The Morgan fingerprint density at radius 3 is 2.94 bits per heavy atom. The van der Waals surface area contributed by atoms with E-state index in [0.29, 0.717) is 25.9 Å². The first-order chi connectivity index (χ1) is 8.70. The number of piperidine rings is 1. The van der Waals surface area contributed by atoms with Crippen LogP contribution in [0.15, 0.2) is 28.7 Å². The van der Waals surface area contributed by atoms with E-state index in [1.807, 2.05) is 23.1 Å². The van der Waals surface area contributed by atoms with E-state index < -0.39 is 0 Å². The minimum Gasteiger partial charge on any atom is -0.341 e. The third-order valence-electron chi connectivity index (χ3n) is 3.29. The number of hydrogen-bond acceptors (Lipinski definition) is 2. The van der Waals surface area contributed by atoms with Crippen LogP contribution >= 0.6 is 15.9 Å². The Balaban J connectivity index is 1.95. The Morgan fingerprint density at radius 1 is 1.44 bits per heavy atom. The van der Waals surface area contributed by atoms with Crippen molar-refractivity contribution in [1.82, 2.24) is 4.90 Å². The number of benzene rings is 1. The van der Waals surface area contributed by atoms with E-state index in [2.05, 4.69) is 28.1 Å². The van der Waals surface area contributed by atoms with Crippen LogP contribution in [-0.2, 0) is 11.2 Å². The van der Waals surface area contributed by atoms with Crippen molar-refractivity contribution in [2.24, 2.45) is 5.92 Å². The van der Waals surface area contributed by atoms with Crippen LogP contribution in [0.5, 0.6) is 0 Å². The van der Waals surface area contributed by atoms with E-state index in [-0.39, 0.29) is 11.8 Å². The van der Waals surface area contributed by atoms with E-state index in [0.717, 1.165) is 10.9 Å². The maximum atomic E-state index is 11.8. The first-order valence-corrected chi connectivity index (χ1v) is 6.91. The van der Waals surface area contributed by atoms with E-state index in [1.165, 1.54) is 5.56 Å². The van der Waals surface area contributed by atoms with Crippen molar-refractivity contribution >= 4 is 21.8 Å². The van der Waals surface area contributed by atoms with Crippen molar-refractivity contribution in [2.75, 3.05) is 13.1 Å². The molecule has 0 spiro atoms. The van der Waals surface area contributed by atoms with Gasteiger partial charge < -0.3 is 4.90 Å². The molecule has 0 aliphatic carbocycles. The highest BCUT2D eigenvalue weighted by molar-refractivity contribution is 9.10. The molecule has 0 N–H and O–H groups in total. The Bertz CT molecular complexity index is 481. The molecule has 1 atom stereocenters. The second-order valence-electron chi connectivity index (χ2n) is 4.55. The van der Waals surface area contributed by atoms with Gasteiger partial charge in [-0.1, -0.05) is 34.1 Å². The number of likely N-dealkylation sites (tertiary alicyclic amines) is 1. The quantitative estimate of drug-likeness (QED) is 0.862. The molecule has 1 aromatic carbocycles. The molecule has 1 aromatic rings. The van der Waals surface area contributed by atoms with Crippen molar-refractivity contribution in [2.45, 2.75) is 19.3 Å². The fraction of sp³-hybridized carbons (Fsp3) is 0.429. The summed E-state index contributed by atoms with van der Waals surface area (Å²) < 4.78 is 1.08. The van der Waals surface area contributed by atoms with Crippen LogP contribution in [0.3, 0.4) is 0 Å².